The molecule has 0 spiro atoms. The summed E-state index contributed by atoms with van der Waals surface area (Å²) in [7, 11) is 0. The summed E-state index contributed by atoms with van der Waals surface area (Å²) in [5, 5.41) is 6.60. The Morgan fingerprint density at radius 1 is 0.766 bits per heavy atom. The van der Waals surface area contributed by atoms with Crippen LogP contribution in [-0.4, -0.2) is 30.3 Å². The van der Waals surface area contributed by atoms with Crippen molar-refractivity contribution in [3.05, 3.63) is 92.5 Å². The third-order valence-corrected chi connectivity index (χ3v) is 7.24. The average molecular weight is 714 g/mol. The molecule has 256 valence electrons. The van der Waals surface area contributed by atoms with Crippen LogP contribution in [0.5, 0.6) is 0 Å². The molecule has 0 unspecified atom stereocenters. The van der Waals surface area contributed by atoms with Gasteiger partial charge in [0, 0.05) is 29.9 Å². The fraction of sp³-hybridized carbons (Fsp3) is 0.323. The third kappa shape index (κ3) is 10.8. The van der Waals surface area contributed by atoms with Crippen molar-refractivity contribution in [3.8, 4) is 0 Å². The van der Waals surface area contributed by atoms with Crippen LogP contribution in [0.3, 0.4) is 0 Å². The summed E-state index contributed by atoms with van der Waals surface area (Å²) in [6.45, 7) is 4.21. The predicted molar refractivity (Wildman–Crippen MR) is 163 cm³/mol. The van der Waals surface area contributed by atoms with Gasteiger partial charge < -0.3 is 16.0 Å². The number of nitrogens with one attached hydrogen (secondary N) is 3. The SMILES string of the molecule is CCC(F)F.Cc1ccc(NC(=O)c2cc(CNC(=O)C(C)(C)C(F)(F)F)ccc2Cl)cc1C(=O)Nc1ccc(Cl)c(C(F)(F)F)c1. The largest absolute Gasteiger partial charge is 0.417 e. The first-order valence-corrected chi connectivity index (χ1v) is 14.4. The molecule has 3 N–H and O–H groups in total. The van der Waals surface area contributed by atoms with E-state index in [1.54, 1.807) is 6.92 Å². The van der Waals surface area contributed by atoms with Gasteiger partial charge in [-0.25, -0.2) is 8.78 Å². The molecule has 3 amide bonds. The number of carbonyl (C=O) groups is 3. The number of aryl methyl sites for hydroxylation is 1. The van der Waals surface area contributed by atoms with Gasteiger partial charge in [-0.3, -0.25) is 14.4 Å². The molecule has 16 heteroatoms. The Morgan fingerprint density at radius 3 is 1.81 bits per heavy atom. The van der Waals surface area contributed by atoms with E-state index in [0.717, 1.165) is 19.9 Å². The molecule has 0 aromatic heterocycles. The Hall–Kier alpha value is -3.91. The number of carbonyl (C=O) groups excluding carboxylic acids is 3. The zero-order valence-corrected chi connectivity index (χ0v) is 26.7. The first kappa shape index (κ1) is 39.3. The van der Waals surface area contributed by atoms with Crippen LogP contribution in [0.2, 0.25) is 10.0 Å². The highest BCUT2D eigenvalue weighted by atomic mass is 35.5. The second-order valence-electron chi connectivity index (χ2n) is 10.5. The lowest BCUT2D eigenvalue weighted by Gasteiger charge is -2.26. The van der Waals surface area contributed by atoms with Crippen LogP contribution in [0, 0.1) is 12.3 Å². The van der Waals surface area contributed by atoms with Crippen LogP contribution in [0.25, 0.3) is 0 Å². The lowest BCUT2D eigenvalue weighted by molar-refractivity contribution is -0.211. The molecule has 3 aromatic carbocycles. The van der Waals surface area contributed by atoms with E-state index in [9.17, 15) is 49.5 Å². The minimum atomic E-state index is -4.77. The van der Waals surface area contributed by atoms with Crippen LogP contribution >= 0.6 is 23.2 Å². The lowest BCUT2D eigenvalue weighted by atomic mass is 9.91. The van der Waals surface area contributed by atoms with Gasteiger partial charge in [0.25, 0.3) is 11.8 Å². The van der Waals surface area contributed by atoms with Crippen LogP contribution in [0.4, 0.5) is 46.5 Å². The summed E-state index contributed by atoms with van der Waals surface area (Å²) in [4.78, 5) is 38.0. The van der Waals surface area contributed by atoms with Gasteiger partial charge in [-0.15, -0.1) is 0 Å². The smallest absolute Gasteiger partial charge is 0.351 e. The van der Waals surface area contributed by atoms with Gasteiger partial charge in [0.15, 0.2) is 0 Å². The molecule has 0 heterocycles. The molecule has 0 bridgehead atoms. The summed E-state index contributed by atoms with van der Waals surface area (Å²) in [5.41, 5.74) is -3.04. The number of anilines is 2. The molecule has 0 saturated carbocycles. The van der Waals surface area contributed by atoms with Gasteiger partial charge in [0.05, 0.1) is 21.2 Å². The molecule has 47 heavy (non-hydrogen) atoms. The average Bonchev–Trinajstić information content (AvgIpc) is 2.97. The van der Waals surface area contributed by atoms with Gasteiger partial charge in [-0.2, -0.15) is 26.3 Å². The number of halogens is 10. The summed E-state index contributed by atoms with van der Waals surface area (Å²) in [6.07, 6.45) is -11.6. The minimum absolute atomic E-state index is 0.00600. The standard InChI is InChI=1S/C28H23Cl2F6N3O3.C3H6F2/c1-14-4-6-16(11-18(14)23(40)39-17-7-9-22(30)20(12-17)27(31,32)33)38-24(41)19-10-15(5-8-21(19)29)13-37-25(42)26(2,3)28(34,35)36;1-2-3(4)5/h4-12H,13H2,1-3H3,(H,37,42)(H,38,41)(H,39,40);3H,2H2,1H3. The molecule has 0 aliphatic rings. The summed E-state index contributed by atoms with van der Waals surface area (Å²) < 4.78 is 100. The summed E-state index contributed by atoms with van der Waals surface area (Å²) in [5.74, 6) is -2.74. The maximum absolute atomic E-state index is 13.2. The first-order chi connectivity index (χ1) is 21.6. The Balaban J connectivity index is 0.00000142. The van der Waals surface area contributed by atoms with Crippen molar-refractivity contribution in [2.45, 2.75) is 59.4 Å². The highest BCUT2D eigenvalue weighted by Gasteiger charge is 2.52. The van der Waals surface area contributed by atoms with E-state index in [2.05, 4.69) is 16.0 Å². The summed E-state index contributed by atoms with van der Waals surface area (Å²) >= 11 is 11.8. The fourth-order valence-corrected chi connectivity index (χ4v) is 3.98. The molecular formula is C31H29Cl2F8N3O3. The van der Waals surface area contributed by atoms with Crippen molar-refractivity contribution < 1.29 is 49.5 Å². The second kappa shape index (κ2) is 15.8. The van der Waals surface area contributed by atoms with Crippen molar-refractivity contribution in [3.63, 3.8) is 0 Å². The van der Waals surface area contributed by atoms with Crippen LogP contribution < -0.4 is 16.0 Å². The fourth-order valence-electron chi connectivity index (χ4n) is 3.55. The Kier molecular flexibility index (Phi) is 13.2. The summed E-state index contributed by atoms with van der Waals surface area (Å²) in [6, 6.07) is 11.2. The maximum Gasteiger partial charge on any atom is 0.417 e. The van der Waals surface area contributed by atoms with Crippen molar-refractivity contribution in [1.82, 2.24) is 5.32 Å². The van der Waals surface area contributed by atoms with E-state index in [1.165, 1.54) is 49.4 Å². The van der Waals surface area contributed by atoms with Crippen LogP contribution in [0.15, 0.2) is 54.6 Å². The van der Waals surface area contributed by atoms with Crippen LogP contribution in [-0.2, 0) is 17.5 Å². The van der Waals surface area contributed by atoms with Gasteiger partial charge in [0.1, 0.15) is 5.41 Å². The molecule has 0 fully saturated rings. The Bertz CT molecular complexity index is 1610. The molecular weight excluding hydrogens is 685 g/mol. The molecule has 0 saturated heterocycles. The number of rotatable bonds is 8. The maximum atomic E-state index is 13.2. The lowest BCUT2D eigenvalue weighted by Crippen LogP contribution is -2.46. The molecule has 6 nitrogen and oxygen atoms in total. The van der Waals surface area contributed by atoms with Crippen molar-refractivity contribution in [2.75, 3.05) is 10.6 Å². The van der Waals surface area contributed by atoms with Gasteiger partial charge in [-0.05, 0) is 74.4 Å². The zero-order chi connectivity index (χ0) is 35.9. The topological polar surface area (TPSA) is 87.3 Å². The minimum Gasteiger partial charge on any atom is -0.351 e. The van der Waals surface area contributed by atoms with Crippen molar-refractivity contribution in [2.24, 2.45) is 5.41 Å². The van der Waals surface area contributed by atoms with E-state index in [-0.39, 0.29) is 40.5 Å². The molecule has 0 aliphatic carbocycles. The third-order valence-electron chi connectivity index (χ3n) is 6.58. The van der Waals surface area contributed by atoms with E-state index in [0.29, 0.717) is 17.2 Å². The van der Waals surface area contributed by atoms with Gasteiger partial charge >= 0.3 is 12.4 Å². The van der Waals surface area contributed by atoms with Gasteiger partial charge in [0.2, 0.25) is 12.3 Å². The Labute approximate surface area is 274 Å². The number of hydrogen-bond donors (Lipinski definition) is 3. The number of amides is 3. The normalized spacial score (nSPS) is 11.8. The molecule has 0 atom stereocenters. The monoisotopic (exact) mass is 713 g/mol. The number of hydrogen-bond acceptors (Lipinski definition) is 3. The molecule has 0 radical (unpaired) electrons. The van der Waals surface area contributed by atoms with E-state index in [1.807, 2.05) is 0 Å². The van der Waals surface area contributed by atoms with Crippen molar-refractivity contribution >= 4 is 52.3 Å². The molecule has 3 rings (SSSR count). The molecule has 0 aliphatic heterocycles. The van der Waals surface area contributed by atoms with E-state index < -0.39 is 52.5 Å². The number of benzene rings is 3. The second-order valence-corrected chi connectivity index (χ2v) is 11.4. The number of alkyl halides is 8. The zero-order valence-electron chi connectivity index (χ0n) is 25.2. The van der Waals surface area contributed by atoms with Crippen molar-refractivity contribution in [1.29, 1.82) is 0 Å². The highest BCUT2D eigenvalue weighted by Crippen LogP contribution is 2.38. The highest BCUT2D eigenvalue weighted by molar-refractivity contribution is 6.34. The van der Waals surface area contributed by atoms with E-state index >= 15 is 0 Å². The van der Waals surface area contributed by atoms with Gasteiger partial charge in [-0.1, -0.05) is 42.3 Å². The quantitative estimate of drug-likeness (QED) is 0.203. The predicted octanol–water partition coefficient (Wildman–Crippen LogP) is 9.69. The van der Waals surface area contributed by atoms with Crippen LogP contribution in [0.1, 0.15) is 64.6 Å². The Morgan fingerprint density at radius 2 is 1.28 bits per heavy atom. The van der Waals surface area contributed by atoms with E-state index in [4.69, 9.17) is 23.2 Å². The molecule has 3 aromatic rings. The first-order valence-electron chi connectivity index (χ1n) is 13.6.